The first-order valence-corrected chi connectivity index (χ1v) is 3.89. The van der Waals surface area contributed by atoms with E-state index in [1.165, 1.54) is 0 Å². The highest BCUT2D eigenvalue weighted by Gasteiger charge is 2.21. The van der Waals surface area contributed by atoms with Gasteiger partial charge < -0.3 is 9.69 Å². The van der Waals surface area contributed by atoms with Crippen LogP contribution in [-0.4, -0.2) is 30.8 Å². The predicted molar refractivity (Wildman–Crippen MR) is 40.9 cm³/mol. The molecule has 0 aromatic rings. The van der Waals surface area contributed by atoms with Gasteiger partial charge in [0.05, 0.1) is 0 Å². The van der Waals surface area contributed by atoms with Crippen molar-refractivity contribution in [1.82, 2.24) is 4.90 Å². The summed E-state index contributed by atoms with van der Waals surface area (Å²) in [4.78, 5) is 12.7. The SMILES string of the molecule is CC1CC(C=O)CCN1C. The molecule has 0 amide bonds. The molecule has 1 rings (SSSR count). The van der Waals surface area contributed by atoms with Crippen molar-refractivity contribution in [3.05, 3.63) is 0 Å². The minimum atomic E-state index is 0.325. The molecule has 10 heavy (non-hydrogen) atoms. The third-order valence-electron chi connectivity index (χ3n) is 2.44. The van der Waals surface area contributed by atoms with Crippen molar-refractivity contribution in [2.75, 3.05) is 13.6 Å². The van der Waals surface area contributed by atoms with Crippen LogP contribution >= 0.6 is 0 Å². The molecule has 2 unspecified atom stereocenters. The van der Waals surface area contributed by atoms with E-state index in [0.717, 1.165) is 25.7 Å². The second-order valence-corrected chi connectivity index (χ2v) is 3.25. The van der Waals surface area contributed by atoms with E-state index in [0.29, 0.717) is 12.0 Å². The topological polar surface area (TPSA) is 20.3 Å². The molecule has 0 aliphatic carbocycles. The van der Waals surface area contributed by atoms with Crippen LogP contribution in [0.15, 0.2) is 0 Å². The number of likely N-dealkylation sites (tertiary alicyclic amines) is 1. The first-order chi connectivity index (χ1) is 4.74. The van der Waals surface area contributed by atoms with Gasteiger partial charge in [0, 0.05) is 12.0 Å². The van der Waals surface area contributed by atoms with Crippen LogP contribution in [0.25, 0.3) is 0 Å². The van der Waals surface area contributed by atoms with E-state index in [-0.39, 0.29) is 0 Å². The molecular formula is C8H15NO. The molecule has 0 N–H and O–H groups in total. The van der Waals surface area contributed by atoms with Gasteiger partial charge in [-0.15, -0.1) is 0 Å². The fourth-order valence-corrected chi connectivity index (χ4v) is 1.45. The van der Waals surface area contributed by atoms with Gasteiger partial charge >= 0.3 is 0 Å². The summed E-state index contributed by atoms with van der Waals surface area (Å²) in [6.45, 7) is 3.25. The maximum absolute atomic E-state index is 10.4. The molecule has 1 saturated heterocycles. The number of aldehydes is 1. The van der Waals surface area contributed by atoms with Crippen molar-refractivity contribution in [2.45, 2.75) is 25.8 Å². The maximum atomic E-state index is 10.4. The zero-order valence-electron chi connectivity index (χ0n) is 6.71. The van der Waals surface area contributed by atoms with Gasteiger partial charge in [0.2, 0.25) is 0 Å². The summed E-state index contributed by atoms with van der Waals surface area (Å²) in [7, 11) is 2.12. The van der Waals surface area contributed by atoms with E-state index >= 15 is 0 Å². The molecule has 0 bridgehead atoms. The van der Waals surface area contributed by atoms with Crippen molar-refractivity contribution in [1.29, 1.82) is 0 Å². The van der Waals surface area contributed by atoms with E-state index in [4.69, 9.17) is 0 Å². The van der Waals surface area contributed by atoms with Gasteiger partial charge in [-0.1, -0.05) is 0 Å². The minimum absolute atomic E-state index is 0.325. The molecular weight excluding hydrogens is 126 g/mol. The monoisotopic (exact) mass is 141 g/mol. The van der Waals surface area contributed by atoms with E-state index in [2.05, 4.69) is 18.9 Å². The Morgan fingerprint density at radius 3 is 2.80 bits per heavy atom. The van der Waals surface area contributed by atoms with Crippen molar-refractivity contribution < 1.29 is 4.79 Å². The maximum Gasteiger partial charge on any atom is 0.123 e. The first kappa shape index (κ1) is 7.73. The Labute approximate surface area is 62.2 Å². The number of hydrogen-bond acceptors (Lipinski definition) is 2. The Morgan fingerprint density at radius 2 is 2.30 bits per heavy atom. The lowest BCUT2D eigenvalue weighted by Gasteiger charge is -2.32. The molecule has 0 aromatic heterocycles. The summed E-state index contributed by atoms with van der Waals surface area (Å²) in [6, 6.07) is 0.587. The number of nitrogens with zero attached hydrogens (tertiary/aromatic N) is 1. The van der Waals surface area contributed by atoms with Gasteiger partial charge in [-0.25, -0.2) is 0 Å². The predicted octanol–water partition coefficient (Wildman–Crippen LogP) is 0.916. The number of carbonyl (C=O) groups is 1. The Morgan fingerprint density at radius 1 is 1.60 bits per heavy atom. The van der Waals surface area contributed by atoms with E-state index in [1.54, 1.807) is 0 Å². The van der Waals surface area contributed by atoms with Gasteiger partial charge in [0.25, 0.3) is 0 Å². The van der Waals surface area contributed by atoms with Gasteiger partial charge in [0.1, 0.15) is 6.29 Å². The van der Waals surface area contributed by atoms with E-state index < -0.39 is 0 Å². The lowest BCUT2D eigenvalue weighted by molar-refractivity contribution is -0.112. The molecule has 0 spiro atoms. The zero-order chi connectivity index (χ0) is 7.56. The largest absolute Gasteiger partial charge is 0.304 e. The standard InChI is InChI=1S/C8H15NO/c1-7-5-8(6-10)3-4-9(7)2/h6-8H,3-5H2,1-2H3. The smallest absolute Gasteiger partial charge is 0.123 e. The van der Waals surface area contributed by atoms with Crippen LogP contribution < -0.4 is 0 Å². The molecule has 2 nitrogen and oxygen atoms in total. The second-order valence-electron chi connectivity index (χ2n) is 3.25. The highest BCUT2D eigenvalue weighted by molar-refractivity contribution is 5.53. The minimum Gasteiger partial charge on any atom is -0.304 e. The average molecular weight is 141 g/mol. The van der Waals surface area contributed by atoms with Crippen molar-refractivity contribution in [2.24, 2.45) is 5.92 Å². The number of rotatable bonds is 1. The number of piperidine rings is 1. The van der Waals surface area contributed by atoms with E-state index in [9.17, 15) is 4.79 Å². The summed E-state index contributed by atoms with van der Waals surface area (Å²) in [5.41, 5.74) is 0. The second kappa shape index (κ2) is 3.15. The fraction of sp³-hybridized carbons (Fsp3) is 0.875. The fourth-order valence-electron chi connectivity index (χ4n) is 1.45. The number of hydrogen-bond donors (Lipinski definition) is 0. The van der Waals surface area contributed by atoms with Crippen LogP contribution in [0.4, 0.5) is 0 Å². The van der Waals surface area contributed by atoms with Gasteiger partial charge in [-0.05, 0) is 33.4 Å². The summed E-state index contributed by atoms with van der Waals surface area (Å²) in [5.74, 6) is 0.325. The summed E-state index contributed by atoms with van der Waals surface area (Å²) < 4.78 is 0. The summed E-state index contributed by atoms with van der Waals surface area (Å²) >= 11 is 0. The Balaban J connectivity index is 2.40. The van der Waals surface area contributed by atoms with Crippen LogP contribution in [0.3, 0.4) is 0 Å². The van der Waals surface area contributed by atoms with Crippen LogP contribution in [0.1, 0.15) is 19.8 Å². The molecule has 1 fully saturated rings. The van der Waals surface area contributed by atoms with Crippen molar-refractivity contribution >= 4 is 6.29 Å². The summed E-state index contributed by atoms with van der Waals surface area (Å²) in [6.07, 6.45) is 3.19. The van der Waals surface area contributed by atoms with Gasteiger partial charge in [-0.3, -0.25) is 0 Å². The molecule has 0 aromatic carbocycles. The van der Waals surface area contributed by atoms with Crippen molar-refractivity contribution in [3.63, 3.8) is 0 Å². The summed E-state index contributed by atoms with van der Waals surface area (Å²) in [5, 5.41) is 0. The van der Waals surface area contributed by atoms with E-state index in [1.807, 2.05) is 0 Å². The van der Waals surface area contributed by atoms with Crippen LogP contribution in [0, 0.1) is 5.92 Å². The van der Waals surface area contributed by atoms with Gasteiger partial charge in [-0.2, -0.15) is 0 Å². The molecule has 2 atom stereocenters. The molecule has 1 aliphatic rings. The lowest BCUT2D eigenvalue weighted by atomic mass is 9.93. The highest BCUT2D eigenvalue weighted by Crippen LogP contribution is 2.18. The first-order valence-electron chi connectivity index (χ1n) is 3.89. The molecule has 0 radical (unpaired) electrons. The van der Waals surface area contributed by atoms with Crippen LogP contribution in [0.5, 0.6) is 0 Å². The quantitative estimate of drug-likeness (QED) is 0.506. The lowest BCUT2D eigenvalue weighted by Crippen LogP contribution is -2.38. The van der Waals surface area contributed by atoms with Crippen molar-refractivity contribution in [3.8, 4) is 0 Å². The highest BCUT2D eigenvalue weighted by atomic mass is 16.1. The third kappa shape index (κ3) is 1.57. The van der Waals surface area contributed by atoms with Crippen LogP contribution in [-0.2, 0) is 4.79 Å². The van der Waals surface area contributed by atoms with Gasteiger partial charge in [0.15, 0.2) is 0 Å². The molecule has 0 saturated carbocycles. The molecule has 1 aliphatic heterocycles. The van der Waals surface area contributed by atoms with Crippen LogP contribution in [0.2, 0.25) is 0 Å². The molecule has 58 valence electrons. The normalized spacial score (nSPS) is 35.8. The zero-order valence-corrected chi connectivity index (χ0v) is 6.71. The Kier molecular flexibility index (Phi) is 2.44. The number of carbonyl (C=O) groups excluding carboxylic acids is 1. The Bertz CT molecular complexity index is 124. The Hall–Kier alpha value is -0.370. The third-order valence-corrected chi connectivity index (χ3v) is 2.44. The molecule has 1 heterocycles. The average Bonchev–Trinajstić information content (AvgIpc) is 1.95. The molecule has 2 heteroatoms.